The lowest BCUT2D eigenvalue weighted by Gasteiger charge is -2.49. The topological polar surface area (TPSA) is 47.5 Å². The van der Waals surface area contributed by atoms with E-state index in [-0.39, 0.29) is 5.60 Å². The highest BCUT2D eigenvalue weighted by Gasteiger charge is 2.53. The van der Waals surface area contributed by atoms with Crippen molar-refractivity contribution in [2.45, 2.75) is 25.5 Å². The normalized spacial score (nSPS) is 23.1. The predicted molar refractivity (Wildman–Crippen MR) is 88.7 cm³/mol. The Kier molecular flexibility index (Phi) is 4.05. The molecule has 2 aromatic heterocycles. The van der Waals surface area contributed by atoms with Crippen LogP contribution in [0, 0.1) is 12.8 Å². The average molecular weight is 331 g/mol. The minimum atomic E-state index is -0.0267. The number of rotatable bonds is 5. The third kappa shape index (κ3) is 3.11. The van der Waals surface area contributed by atoms with Gasteiger partial charge in [0.1, 0.15) is 5.01 Å². The number of pyridine rings is 1. The van der Waals surface area contributed by atoms with Gasteiger partial charge in [-0.2, -0.15) is 0 Å². The Morgan fingerprint density at radius 3 is 3.09 bits per heavy atom. The number of ether oxygens (including phenoxy) is 2. The van der Waals surface area contributed by atoms with Crippen LogP contribution in [0.4, 0.5) is 0 Å². The molecule has 6 heteroatoms. The van der Waals surface area contributed by atoms with E-state index in [0.717, 1.165) is 38.4 Å². The molecule has 0 bridgehead atoms. The highest BCUT2D eigenvalue weighted by Crippen LogP contribution is 2.40. The van der Waals surface area contributed by atoms with E-state index in [1.807, 2.05) is 25.1 Å². The summed E-state index contributed by atoms with van der Waals surface area (Å²) in [5, 5.41) is 3.30. The summed E-state index contributed by atoms with van der Waals surface area (Å²) in [5.74, 6) is 1.14. The molecule has 1 spiro atoms. The SMILES string of the molecule is Cc1csc(CN2CC3(C2)OCC[C@H]3COc2ccccn2)n1. The molecule has 0 amide bonds. The molecular formula is C17H21N3O2S. The molecule has 2 aliphatic rings. The zero-order chi connectivity index (χ0) is 15.7. The van der Waals surface area contributed by atoms with Crippen molar-refractivity contribution in [3.63, 3.8) is 0 Å². The van der Waals surface area contributed by atoms with Crippen molar-refractivity contribution in [1.82, 2.24) is 14.9 Å². The van der Waals surface area contributed by atoms with Crippen molar-refractivity contribution in [2.24, 2.45) is 5.92 Å². The van der Waals surface area contributed by atoms with Crippen LogP contribution in [0.3, 0.4) is 0 Å². The van der Waals surface area contributed by atoms with E-state index in [1.165, 1.54) is 5.01 Å². The van der Waals surface area contributed by atoms with Crippen LogP contribution in [0.15, 0.2) is 29.8 Å². The lowest BCUT2D eigenvalue weighted by atomic mass is 9.81. The summed E-state index contributed by atoms with van der Waals surface area (Å²) in [6, 6.07) is 5.75. The fourth-order valence-electron chi connectivity index (χ4n) is 3.48. The number of nitrogens with zero attached hydrogens (tertiary/aromatic N) is 3. The second-order valence-electron chi connectivity index (χ2n) is 6.41. The van der Waals surface area contributed by atoms with Gasteiger partial charge in [-0.05, 0) is 19.4 Å². The standard InChI is InChI=1S/C17H21N3O2S/c1-13-10-23-16(19-13)8-20-11-17(12-20)14(5-7-22-17)9-21-15-4-2-3-6-18-15/h2-4,6,10,14H,5,7-9,11-12H2,1H3/t14-/m0/s1. The smallest absolute Gasteiger partial charge is 0.213 e. The average Bonchev–Trinajstić information content (AvgIpc) is 3.12. The van der Waals surface area contributed by atoms with Gasteiger partial charge in [0.15, 0.2) is 0 Å². The van der Waals surface area contributed by atoms with E-state index in [2.05, 4.69) is 20.2 Å². The molecule has 4 rings (SSSR count). The maximum Gasteiger partial charge on any atom is 0.213 e. The fraction of sp³-hybridized carbons (Fsp3) is 0.529. The quantitative estimate of drug-likeness (QED) is 0.842. The molecule has 1 atom stereocenters. The molecule has 0 radical (unpaired) electrons. The summed E-state index contributed by atoms with van der Waals surface area (Å²) >= 11 is 1.74. The van der Waals surface area contributed by atoms with Gasteiger partial charge < -0.3 is 9.47 Å². The second-order valence-corrected chi connectivity index (χ2v) is 7.35. The number of hydrogen-bond acceptors (Lipinski definition) is 6. The molecule has 0 aliphatic carbocycles. The van der Waals surface area contributed by atoms with E-state index in [1.54, 1.807) is 17.5 Å². The molecule has 0 unspecified atom stereocenters. The summed E-state index contributed by atoms with van der Waals surface area (Å²) in [6.07, 6.45) is 2.83. The van der Waals surface area contributed by atoms with Gasteiger partial charge in [-0.25, -0.2) is 9.97 Å². The lowest BCUT2D eigenvalue weighted by molar-refractivity contribution is -0.140. The van der Waals surface area contributed by atoms with E-state index in [9.17, 15) is 0 Å². The van der Waals surface area contributed by atoms with Crippen molar-refractivity contribution < 1.29 is 9.47 Å². The van der Waals surface area contributed by atoms with E-state index in [0.29, 0.717) is 18.4 Å². The number of likely N-dealkylation sites (tertiary alicyclic amines) is 1. The Morgan fingerprint density at radius 1 is 1.43 bits per heavy atom. The molecule has 122 valence electrons. The van der Waals surface area contributed by atoms with Crippen LogP contribution in [-0.2, 0) is 11.3 Å². The van der Waals surface area contributed by atoms with Gasteiger partial charge in [0.05, 0.1) is 18.8 Å². The van der Waals surface area contributed by atoms with Gasteiger partial charge in [-0.15, -0.1) is 11.3 Å². The summed E-state index contributed by atoms with van der Waals surface area (Å²) < 4.78 is 11.9. The van der Waals surface area contributed by atoms with Crippen molar-refractivity contribution >= 4 is 11.3 Å². The molecule has 0 N–H and O–H groups in total. The van der Waals surface area contributed by atoms with Crippen molar-refractivity contribution in [2.75, 3.05) is 26.3 Å². The first-order valence-electron chi connectivity index (χ1n) is 8.05. The predicted octanol–water partition coefficient (Wildman–Crippen LogP) is 2.52. The Balaban J connectivity index is 1.32. The van der Waals surface area contributed by atoms with Gasteiger partial charge in [-0.1, -0.05) is 6.07 Å². The summed E-state index contributed by atoms with van der Waals surface area (Å²) in [6.45, 7) is 6.44. The maximum absolute atomic E-state index is 6.09. The van der Waals surface area contributed by atoms with Crippen LogP contribution in [-0.4, -0.2) is 46.8 Å². The molecule has 2 fully saturated rings. The third-order valence-electron chi connectivity index (χ3n) is 4.68. The Labute approximate surface area is 140 Å². The highest BCUT2D eigenvalue weighted by molar-refractivity contribution is 7.09. The van der Waals surface area contributed by atoms with Crippen LogP contribution in [0.25, 0.3) is 0 Å². The fourth-order valence-corrected chi connectivity index (χ4v) is 4.29. The molecular weight excluding hydrogens is 310 g/mol. The number of thiazole rings is 1. The first-order chi connectivity index (χ1) is 11.2. The zero-order valence-electron chi connectivity index (χ0n) is 13.3. The highest BCUT2D eigenvalue weighted by atomic mass is 32.1. The van der Waals surface area contributed by atoms with Crippen LogP contribution in [0.1, 0.15) is 17.1 Å². The minimum absolute atomic E-state index is 0.0267. The summed E-state index contributed by atoms with van der Waals surface area (Å²) in [7, 11) is 0. The zero-order valence-corrected chi connectivity index (χ0v) is 14.1. The van der Waals surface area contributed by atoms with Gasteiger partial charge in [0.2, 0.25) is 5.88 Å². The molecule has 0 saturated carbocycles. The lowest BCUT2D eigenvalue weighted by Crippen LogP contribution is -2.64. The van der Waals surface area contributed by atoms with Gasteiger partial charge in [-0.3, -0.25) is 4.90 Å². The Morgan fingerprint density at radius 2 is 2.35 bits per heavy atom. The number of hydrogen-bond donors (Lipinski definition) is 0. The molecule has 5 nitrogen and oxygen atoms in total. The summed E-state index contributed by atoms with van der Waals surface area (Å²) in [4.78, 5) is 11.2. The van der Waals surface area contributed by atoms with E-state index < -0.39 is 0 Å². The van der Waals surface area contributed by atoms with Crippen LogP contribution < -0.4 is 4.74 Å². The minimum Gasteiger partial charge on any atom is -0.477 e. The van der Waals surface area contributed by atoms with Gasteiger partial charge >= 0.3 is 0 Å². The second kappa shape index (κ2) is 6.19. The van der Waals surface area contributed by atoms with E-state index >= 15 is 0 Å². The number of aryl methyl sites for hydroxylation is 1. The van der Waals surface area contributed by atoms with Crippen molar-refractivity contribution in [1.29, 1.82) is 0 Å². The van der Waals surface area contributed by atoms with Crippen LogP contribution in [0.2, 0.25) is 0 Å². The summed E-state index contributed by atoms with van der Waals surface area (Å²) in [5.41, 5.74) is 1.08. The van der Waals surface area contributed by atoms with Crippen LogP contribution in [0.5, 0.6) is 5.88 Å². The molecule has 4 heterocycles. The first kappa shape index (κ1) is 15.1. The van der Waals surface area contributed by atoms with Crippen molar-refractivity contribution in [3.8, 4) is 5.88 Å². The molecule has 23 heavy (non-hydrogen) atoms. The molecule has 0 aromatic carbocycles. The van der Waals surface area contributed by atoms with Crippen molar-refractivity contribution in [3.05, 3.63) is 40.5 Å². The Bertz CT molecular complexity index is 655. The molecule has 2 aromatic rings. The maximum atomic E-state index is 6.09. The van der Waals surface area contributed by atoms with Gasteiger partial charge in [0, 0.05) is 49.0 Å². The van der Waals surface area contributed by atoms with E-state index in [4.69, 9.17) is 9.47 Å². The molecule has 2 aliphatic heterocycles. The largest absolute Gasteiger partial charge is 0.477 e. The third-order valence-corrected chi connectivity index (χ3v) is 5.63. The van der Waals surface area contributed by atoms with Crippen LogP contribution >= 0.6 is 11.3 Å². The monoisotopic (exact) mass is 331 g/mol. The Hall–Kier alpha value is -1.50. The van der Waals surface area contributed by atoms with Gasteiger partial charge in [0.25, 0.3) is 0 Å². The number of aromatic nitrogens is 2. The first-order valence-corrected chi connectivity index (χ1v) is 8.93. The molecule has 2 saturated heterocycles.